The van der Waals surface area contributed by atoms with Crippen molar-refractivity contribution in [2.45, 2.75) is 25.4 Å². The van der Waals surface area contributed by atoms with Gasteiger partial charge in [0.25, 0.3) is 5.91 Å². The predicted molar refractivity (Wildman–Crippen MR) is 118 cm³/mol. The summed E-state index contributed by atoms with van der Waals surface area (Å²) in [5.74, 6) is -2.29. The SMILES string of the molecule is CC(CC(=O)O)N1CN(C(c2ccccc2)c2ccccc2)n2ccc(=O)c(O)c2C1=O. The largest absolute Gasteiger partial charge is 0.502 e. The number of carboxylic acids is 1. The van der Waals surface area contributed by atoms with Crippen molar-refractivity contribution in [1.29, 1.82) is 0 Å². The zero-order valence-electron chi connectivity index (χ0n) is 17.5. The Morgan fingerprint density at radius 2 is 1.53 bits per heavy atom. The van der Waals surface area contributed by atoms with Crippen molar-refractivity contribution < 1.29 is 19.8 Å². The molecule has 1 aliphatic heterocycles. The Labute approximate surface area is 184 Å². The smallest absolute Gasteiger partial charge is 0.305 e. The third kappa shape index (κ3) is 3.82. The number of nitrogens with zero attached hydrogens (tertiary/aromatic N) is 3. The van der Waals surface area contributed by atoms with Crippen molar-refractivity contribution in [2.24, 2.45) is 0 Å². The van der Waals surface area contributed by atoms with E-state index in [2.05, 4.69) is 0 Å². The Kier molecular flexibility index (Phi) is 5.68. The van der Waals surface area contributed by atoms with E-state index >= 15 is 0 Å². The van der Waals surface area contributed by atoms with Gasteiger partial charge in [-0.15, -0.1) is 0 Å². The average Bonchev–Trinajstić information content (AvgIpc) is 2.78. The van der Waals surface area contributed by atoms with E-state index in [9.17, 15) is 24.6 Å². The summed E-state index contributed by atoms with van der Waals surface area (Å²) in [6, 6.07) is 19.5. The molecule has 1 amide bonds. The normalized spacial score (nSPS) is 14.4. The molecule has 4 rings (SSSR count). The maximum atomic E-state index is 13.2. The molecule has 164 valence electrons. The quantitative estimate of drug-likeness (QED) is 0.619. The van der Waals surface area contributed by atoms with Crippen molar-refractivity contribution in [2.75, 3.05) is 11.7 Å². The first-order valence-corrected chi connectivity index (χ1v) is 10.2. The lowest BCUT2D eigenvalue weighted by Crippen LogP contribution is -2.58. The number of hydrogen-bond acceptors (Lipinski definition) is 5. The molecule has 0 spiro atoms. The van der Waals surface area contributed by atoms with Crippen LogP contribution >= 0.6 is 0 Å². The number of pyridine rings is 1. The lowest BCUT2D eigenvalue weighted by molar-refractivity contribution is -0.138. The summed E-state index contributed by atoms with van der Waals surface area (Å²) in [6.45, 7) is 1.70. The first-order chi connectivity index (χ1) is 15.4. The Balaban J connectivity index is 1.92. The molecule has 32 heavy (non-hydrogen) atoms. The molecule has 2 aromatic carbocycles. The fourth-order valence-electron chi connectivity index (χ4n) is 4.07. The second kappa shape index (κ2) is 8.58. The highest BCUT2D eigenvalue weighted by Crippen LogP contribution is 2.32. The highest BCUT2D eigenvalue weighted by molar-refractivity contribution is 5.96. The summed E-state index contributed by atoms with van der Waals surface area (Å²) in [4.78, 5) is 38.1. The van der Waals surface area contributed by atoms with E-state index in [1.807, 2.05) is 65.7 Å². The van der Waals surface area contributed by atoms with Gasteiger partial charge in [-0.1, -0.05) is 60.7 Å². The third-order valence-electron chi connectivity index (χ3n) is 5.62. The minimum Gasteiger partial charge on any atom is -0.502 e. The van der Waals surface area contributed by atoms with Crippen LogP contribution in [-0.2, 0) is 4.79 Å². The third-order valence-corrected chi connectivity index (χ3v) is 5.62. The maximum Gasteiger partial charge on any atom is 0.305 e. The van der Waals surface area contributed by atoms with Gasteiger partial charge in [-0.3, -0.25) is 24.1 Å². The summed E-state index contributed by atoms with van der Waals surface area (Å²) in [6.07, 6.45) is 1.20. The molecule has 2 heterocycles. The van der Waals surface area contributed by atoms with Gasteiger partial charge in [0.1, 0.15) is 6.67 Å². The molecule has 1 unspecified atom stereocenters. The molecule has 0 saturated carbocycles. The van der Waals surface area contributed by atoms with Crippen molar-refractivity contribution in [3.05, 3.63) is 100.0 Å². The van der Waals surface area contributed by atoms with Gasteiger partial charge in [0.2, 0.25) is 5.43 Å². The molecule has 0 saturated heterocycles. The molecular formula is C24H23N3O5. The maximum absolute atomic E-state index is 13.2. The molecule has 1 aromatic heterocycles. The second-order valence-electron chi connectivity index (χ2n) is 7.75. The van der Waals surface area contributed by atoms with E-state index in [0.717, 1.165) is 11.1 Å². The number of rotatable bonds is 6. The van der Waals surface area contributed by atoms with Crippen LogP contribution in [0.25, 0.3) is 0 Å². The van der Waals surface area contributed by atoms with Crippen LogP contribution < -0.4 is 10.4 Å². The number of aliphatic carboxylic acids is 1. The van der Waals surface area contributed by atoms with Crippen LogP contribution in [0.4, 0.5) is 0 Å². The van der Waals surface area contributed by atoms with Crippen LogP contribution in [0.3, 0.4) is 0 Å². The van der Waals surface area contributed by atoms with E-state index in [0.29, 0.717) is 0 Å². The van der Waals surface area contributed by atoms with Gasteiger partial charge in [-0.05, 0) is 18.1 Å². The van der Waals surface area contributed by atoms with Gasteiger partial charge in [0, 0.05) is 18.3 Å². The molecule has 1 atom stereocenters. The fourth-order valence-corrected chi connectivity index (χ4v) is 4.07. The molecule has 1 aliphatic rings. The van der Waals surface area contributed by atoms with Crippen molar-refractivity contribution in [3.63, 3.8) is 0 Å². The van der Waals surface area contributed by atoms with E-state index in [1.165, 1.54) is 21.8 Å². The summed E-state index contributed by atoms with van der Waals surface area (Å²) < 4.78 is 1.49. The molecule has 3 aromatic rings. The first-order valence-electron chi connectivity index (χ1n) is 10.2. The zero-order valence-corrected chi connectivity index (χ0v) is 17.5. The topological polar surface area (TPSA) is 103 Å². The number of carbonyl (C=O) groups is 2. The average molecular weight is 433 g/mol. The Hall–Kier alpha value is -4.07. The molecule has 0 bridgehead atoms. The zero-order chi connectivity index (χ0) is 22.8. The minimum atomic E-state index is -1.04. The first kappa shape index (κ1) is 21.2. The second-order valence-corrected chi connectivity index (χ2v) is 7.75. The van der Waals surface area contributed by atoms with Crippen LogP contribution in [0.1, 0.15) is 41.0 Å². The molecule has 2 N–H and O–H groups in total. The summed E-state index contributed by atoms with van der Waals surface area (Å²) >= 11 is 0. The number of aromatic hydroxyl groups is 1. The number of carbonyl (C=O) groups excluding carboxylic acids is 1. The minimum absolute atomic E-state index is 0.0665. The van der Waals surface area contributed by atoms with Crippen molar-refractivity contribution in [3.8, 4) is 5.75 Å². The van der Waals surface area contributed by atoms with Crippen LogP contribution in [0, 0.1) is 0 Å². The molecule has 0 aliphatic carbocycles. The van der Waals surface area contributed by atoms with Gasteiger partial charge in [-0.25, -0.2) is 0 Å². The lowest BCUT2D eigenvalue weighted by atomic mass is 9.98. The number of carboxylic acid groups (broad SMARTS) is 1. The number of amides is 1. The van der Waals surface area contributed by atoms with Crippen LogP contribution in [0.5, 0.6) is 5.75 Å². The molecule has 0 fully saturated rings. The number of hydrogen-bond donors (Lipinski definition) is 2. The van der Waals surface area contributed by atoms with Crippen LogP contribution in [0.15, 0.2) is 77.7 Å². The highest BCUT2D eigenvalue weighted by atomic mass is 16.4. The van der Waals surface area contributed by atoms with E-state index in [1.54, 1.807) is 6.92 Å². The van der Waals surface area contributed by atoms with Crippen LogP contribution in [-0.4, -0.2) is 44.4 Å². The number of aromatic nitrogens is 1. The Morgan fingerprint density at radius 3 is 2.06 bits per heavy atom. The standard InChI is InChI=1S/C24H23N3O5/c1-16(14-20(29)30)25-15-27(26-13-12-19(28)23(31)22(26)24(25)32)21(17-8-4-2-5-9-17)18-10-6-3-7-11-18/h2-13,16,21,31H,14-15H2,1H3,(H,29,30). The predicted octanol–water partition coefficient (Wildman–Crippen LogP) is 2.56. The van der Waals surface area contributed by atoms with Crippen molar-refractivity contribution >= 4 is 11.9 Å². The summed E-state index contributed by atoms with van der Waals surface area (Å²) in [5.41, 5.74) is 1.01. The molecule has 8 nitrogen and oxygen atoms in total. The Bertz CT molecular complexity index is 1150. The Morgan fingerprint density at radius 1 is 0.969 bits per heavy atom. The summed E-state index contributed by atoms with van der Waals surface area (Å²) in [5, 5.41) is 21.6. The van der Waals surface area contributed by atoms with Crippen molar-refractivity contribution in [1.82, 2.24) is 9.58 Å². The number of fused-ring (bicyclic) bond motifs is 1. The summed E-state index contributed by atoms with van der Waals surface area (Å²) in [7, 11) is 0. The lowest BCUT2D eigenvalue weighted by Gasteiger charge is -2.45. The van der Waals surface area contributed by atoms with Gasteiger partial charge in [-0.2, -0.15) is 0 Å². The van der Waals surface area contributed by atoms with Gasteiger partial charge in [0.15, 0.2) is 11.4 Å². The monoisotopic (exact) mass is 433 g/mol. The molecular weight excluding hydrogens is 410 g/mol. The number of benzene rings is 2. The van der Waals surface area contributed by atoms with Gasteiger partial charge in [0.05, 0.1) is 12.5 Å². The molecule has 8 heteroatoms. The fraction of sp³-hybridized carbons (Fsp3) is 0.208. The van der Waals surface area contributed by atoms with E-state index in [4.69, 9.17) is 0 Å². The molecule has 0 radical (unpaired) electrons. The van der Waals surface area contributed by atoms with Gasteiger partial charge < -0.3 is 15.1 Å². The van der Waals surface area contributed by atoms with Crippen LogP contribution in [0.2, 0.25) is 0 Å². The van der Waals surface area contributed by atoms with E-state index in [-0.39, 0.29) is 24.8 Å². The van der Waals surface area contributed by atoms with E-state index < -0.39 is 29.1 Å². The van der Waals surface area contributed by atoms with Gasteiger partial charge >= 0.3 is 5.97 Å². The highest BCUT2D eigenvalue weighted by Gasteiger charge is 2.38.